The lowest BCUT2D eigenvalue weighted by Gasteiger charge is -2.37. The number of alkyl halides is 3. The second-order valence-corrected chi connectivity index (χ2v) is 8.53. The van der Waals surface area contributed by atoms with Gasteiger partial charge in [0, 0.05) is 42.9 Å². The number of benzene rings is 2. The molecule has 0 spiro atoms. The first-order valence-electron chi connectivity index (χ1n) is 9.94. The molecule has 0 amide bonds. The Kier molecular flexibility index (Phi) is 6.18. The molecule has 1 atom stereocenters. The molecule has 2 aromatic rings. The van der Waals surface area contributed by atoms with Gasteiger partial charge >= 0.3 is 6.18 Å². The first kappa shape index (κ1) is 20.7. The Balaban J connectivity index is 1.29. The molecule has 1 fully saturated rings. The highest BCUT2D eigenvalue weighted by Crippen LogP contribution is 2.32. The van der Waals surface area contributed by atoms with Gasteiger partial charge in [-0.15, -0.1) is 0 Å². The van der Waals surface area contributed by atoms with Gasteiger partial charge in [0.15, 0.2) is 0 Å². The Hall–Kier alpha value is -1.57. The van der Waals surface area contributed by atoms with E-state index in [2.05, 4.69) is 43.9 Å². The zero-order valence-electron chi connectivity index (χ0n) is 16.1. The highest BCUT2D eigenvalue weighted by molar-refractivity contribution is 9.10. The summed E-state index contributed by atoms with van der Waals surface area (Å²) in [5.74, 6) is 0. The van der Waals surface area contributed by atoms with E-state index in [1.54, 1.807) is 12.1 Å². The van der Waals surface area contributed by atoms with Crippen molar-refractivity contribution in [1.29, 1.82) is 0 Å². The van der Waals surface area contributed by atoms with Crippen LogP contribution >= 0.6 is 15.9 Å². The van der Waals surface area contributed by atoms with Crippen LogP contribution in [0.3, 0.4) is 0 Å². The standard InChI is InChI=1S/C22H24BrF3N2O/c23-18-3-6-20-16(15-18)8-14-29-21(20)7-9-27-10-12-28(13-11-27)19-4-1-17(2-5-19)22(24,25)26/h1-6,15,21H,7-14H2. The second kappa shape index (κ2) is 8.66. The van der Waals surface area contributed by atoms with Crippen LogP contribution in [0.1, 0.15) is 29.2 Å². The molecule has 29 heavy (non-hydrogen) atoms. The lowest BCUT2D eigenvalue weighted by Crippen LogP contribution is -2.47. The van der Waals surface area contributed by atoms with Crippen molar-refractivity contribution in [2.75, 3.05) is 44.2 Å². The predicted octanol–water partition coefficient (Wildman–Crippen LogP) is 5.29. The van der Waals surface area contributed by atoms with E-state index >= 15 is 0 Å². The molecule has 0 radical (unpaired) electrons. The summed E-state index contributed by atoms with van der Waals surface area (Å²) in [6.45, 7) is 5.17. The maximum absolute atomic E-state index is 12.7. The number of ether oxygens (including phenoxy) is 1. The van der Waals surface area contributed by atoms with Crippen molar-refractivity contribution >= 4 is 21.6 Å². The molecule has 0 aliphatic carbocycles. The molecular formula is C22H24BrF3N2O. The van der Waals surface area contributed by atoms with E-state index < -0.39 is 11.7 Å². The lowest BCUT2D eigenvalue weighted by molar-refractivity contribution is -0.137. The Morgan fingerprint density at radius 3 is 2.41 bits per heavy atom. The summed E-state index contributed by atoms with van der Waals surface area (Å²) in [4.78, 5) is 4.57. The first-order valence-corrected chi connectivity index (χ1v) is 10.7. The van der Waals surface area contributed by atoms with Crippen LogP contribution in [-0.2, 0) is 17.3 Å². The van der Waals surface area contributed by atoms with E-state index in [0.717, 1.165) is 74.5 Å². The second-order valence-electron chi connectivity index (χ2n) is 7.61. The van der Waals surface area contributed by atoms with Crippen molar-refractivity contribution in [3.8, 4) is 0 Å². The van der Waals surface area contributed by atoms with Crippen LogP contribution in [0.2, 0.25) is 0 Å². The molecule has 2 aliphatic heterocycles. The summed E-state index contributed by atoms with van der Waals surface area (Å²) in [5.41, 5.74) is 2.91. The topological polar surface area (TPSA) is 15.7 Å². The average Bonchev–Trinajstić information content (AvgIpc) is 2.72. The van der Waals surface area contributed by atoms with Gasteiger partial charge in [-0.25, -0.2) is 0 Å². The van der Waals surface area contributed by atoms with E-state index in [0.29, 0.717) is 0 Å². The largest absolute Gasteiger partial charge is 0.416 e. The van der Waals surface area contributed by atoms with Crippen LogP contribution in [-0.4, -0.2) is 44.2 Å². The maximum Gasteiger partial charge on any atom is 0.416 e. The number of hydrogen-bond acceptors (Lipinski definition) is 3. The zero-order chi connectivity index (χ0) is 20.4. The molecule has 4 rings (SSSR count). The van der Waals surface area contributed by atoms with Crippen LogP contribution in [0.15, 0.2) is 46.9 Å². The van der Waals surface area contributed by atoms with Crippen LogP contribution in [0.4, 0.5) is 18.9 Å². The van der Waals surface area contributed by atoms with Crippen LogP contribution in [0.5, 0.6) is 0 Å². The zero-order valence-corrected chi connectivity index (χ0v) is 17.7. The smallest absolute Gasteiger partial charge is 0.373 e. The van der Waals surface area contributed by atoms with Crippen LogP contribution in [0, 0.1) is 0 Å². The van der Waals surface area contributed by atoms with Gasteiger partial charge in [0.2, 0.25) is 0 Å². The Morgan fingerprint density at radius 1 is 1.00 bits per heavy atom. The molecule has 1 unspecified atom stereocenters. The summed E-state index contributed by atoms with van der Waals surface area (Å²) < 4.78 is 45.3. The van der Waals surface area contributed by atoms with Gasteiger partial charge in [0.25, 0.3) is 0 Å². The van der Waals surface area contributed by atoms with Gasteiger partial charge in [-0.2, -0.15) is 13.2 Å². The van der Waals surface area contributed by atoms with E-state index in [4.69, 9.17) is 4.74 Å². The summed E-state index contributed by atoms with van der Waals surface area (Å²) in [6.07, 6.45) is -2.24. The monoisotopic (exact) mass is 468 g/mol. The SMILES string of the molecule is FC(F)(F)c1ccc(N2CCN(CCC3OCCc4cc(Br)ccc43)CC2)cc1. The van der Waals surface area contributed by atoms with Crippen molar-refractivity contribution in [2.24, 2.45) is 0 Å². The third-order valence-corrected chi connectivity index (χ3v) is 6.28. The quantitative estimate of drug-likeness (QED) is 0.605. The minimum atomic E-state index is -4.28. The van der Waals surface area contributed by atoms with Gasteiger partial charge in [0.1, 0.15) is 0 Å². The fraction of sp³-hybridized carbons (Fsp3) is 0.455. The molecule has 0 N–H and O–H groups in total. The molecule has 2 aliphatic rings. The minimum Gasteiger partial charge on any atom is -0.373 e. The minimum absolute atomic E-state index is 0.139. The van der Waals surface area contributed by atoms with Gasteiger partial charge < -0.3 is 9.64 Å². The average molecular weight is 469 g/mol. The number of anilines is 1. The number of piperazine rings is 1. The lowest BCUT2D eigenvalue weighted by atomic mass is 9.95. The van der Waals surface area contributed by atoms with Gasteiger partial charge in [0.05, 0.1) is 18.3 Å². The molecule has 2 heterocycles. The van der Waals surface area contributed by atoms with Crippen molar-refractivity contribution in [1.82, 2.24) is 4.90 Å². The number of hydrogen-bond donors (Lipinski definition) is 0. The van der Waals surface area contributed by atoms with Crippen LogP contribution in [0.25, 0.3) is 0 Å². The summed E-state index contributed by atoms with van der Waals surface area (Å²) in [6, 6.07) is 11.9. The molecule has 0 aromatic heterocycles. The third kappa shape index (κ3) is 4.95. The summed E-state index contributed by atoms with van der Waals surface area (Å²) in [5, 5.41) is 0. The van der Waals surface area contributed by atoms with Gasteiger partial charge in [-0.3, -0.25) is 4.90 Å². The molecular weight excluding hydrogens is 445 g/mol. The highest BCUT2D eigenvalue weighted by atomic mass is 79.9. The molecule has 3 nitrogen and oxygen atoms in total. The molecule has 1 saturated heterocycles. The van der Waals surface area contributed by atoms with Gasteiger partial charge in [-0.1, -0.05) is 22.0 Å². The van der Waals surface area contributed by atoms with Crippen molar-refractivity contribution in [2.45, 2.75) is 25.1 Å². The number of fused-ring (bicyclic) bond motifs is 1. The van der Waals surface area contributed by atoms with Crippen molar-refractivity contribution in [3.63, 3.8) is 0 Å². The first-order chi connectivity index (χ1) is 13.9. The van der Waals surface area contributed by atoms with E-state index in [1.165, 1.54) is 11.1 Å². The van der Waals surface area contributed by atoms with E-state index in [-0.39, 0.29) is 6.10 Å². The van der Waals surface area contributed by atoms with Crippen molar-refractivity contribution in [3.05, 3.63) is 63.6 Å². The fourth-order valence-corrected chi connectivity index (χ4v) is 4.54. The van der Waals surface area contributed by atoms with E-state index in [9.17, 15) is 13.2 Å². The molecule has 2 aromatic carbocycles. The summed E-state index contributed by atoms with van der Waals surface area (Å²) >= 11 is 3.54. The van der Waals surface area contributed by atoms with Crippen molar-refractivity contribution < 1.29 is 17.9 Å². The van der Waals surface area contributed by atoms with E-state index in [1.807, 2.05) is 0 Å². The Bertz CT molecular complexity index is 833. The summed E-state index contributed by atoms with van der Waals surface area (Å²) in [7, 11) is 0. The predicted molar refractivity (Wildman–Crippen MR) is 111 cm³/mol. The molecule has 0 saturated carbocycles. The Labute approximate surface area is 177 Å². The molecule has 7 heteroatoms. The third-order valence-electron chi connectivity index (χ3n) is 5.78. The number of nitrogens with zero attached hydrogens (tertiary/aromatic N) is 2. The maximum atomic E-state index is 12.7. The highest BCUT2D eigenvalue weighted by Gasteiger charge is 2.30. The van der Waals surface area contributed by atoms with Crippen LogP contribution < -0.4 is 4.90 Å². The number of rotatable bonds is 4. The van der Waals surface area contributed by atoms with Gasteiger partial charge in [-0.05, 0) is 60.4 Å². The number of halogens is 4. The normalized spacial score (nSPS) is 20.6. The Morgan fingerprint density at radius 2 is 1.72 bits per heavy atom. The molecule has 156 valence electrons. The molecule has 0 bridgehead atoms. The fourth-order valence-electron chi connectivity index (χ4n) is 4.14.